The van der Waals surface area contributed by atoms with E-state index in [2.05, 4.69) is 0 Å². The van der Waals surface area contributed by atoms with E-state index in [1.54, 1.807) is 0 Å². The molecule has 12 aliphatic carbocycles. The van der Waals surface area contributed by atoms with Crippen LogP contribution in [0.15, 0.2) is 0 Å². The number of ether oxygens (including phenoxy) is 4. The first kappa shape index (κ1) is 19.0. The van der Waals surface area contributed by atoms with Gasteiger partial charge in [-0.1, -0.05) is 0 Å². The van der Waals surface area contributed by atoms with Crippen LogP contribution in [0.2, 0.25) is 0 Å². The Morgan fingerprint density at radius 2 is 0.722 bits per heavy atom. The van der Waals surface area contributed by atoms with Gasteiger partial charge in [0, 0.05) is 37.5 Å². The van der Waals surface area contributed by atoms with Gasteiger partial charge in [0.25, 0.3) is 0 Å². The maximum absolute atomic E-state index is 14.2. The van der Waals surface area contributed by atoms with E-state index < -0.39 is 22.0 Å². The Morgan fingerprint density at radius 1 is 0.472 bits per heavy atom. The average Bonchev–Trinajstić information content (AvgIpc) is 3.60. The van der Waals surface area contributed by atoms with Crippen molar-refractivity contribution in [3.8, 4) is 0 Å². The fourth-order valence-corrected chi connectivity index (χ4v) is 17.5. The van der Waals surface area contributed by atoms with Crippen LogP contribution in [0.5, 0.6) is 0 Å². The van der Waals surface area contributed by atoms with E-state index in [-0.39, 0.29) is 119 Å². The van der Waals surface area contributed by atoms with Gasteiger partial charge in [0.2, 0.25) is 0 Å². The van der Waals surface area contributed by atoms with E-state index in [1.807, 2.05) is 0 Å². The third kappa shape index (κ3) is 1.05. The van der Waals surface area contributed by atoms with Gasteiger partial charge in [-0.3, -0.25) is 19.2 Å². The van der Waals surface area contributed by atoms with Gasteiger partial charge < -0.3 is 18.9 Å². The van der Waals surface area contributed by atoms with Crippen LogP contribution in [0.4, 0.5) is 0 Å². The standard InChI is InChI=1S/C28H28O8/c1-5(29)35-27-19-9-11-17-7-8-16(25(27,15(7)9)23(31)33-3)10-12-18(8)26(17,24(32)34-4)28(36-6(2)30)21(11)13(19)14(20(10)27)22(12)28/h7-22H,1-4H3. The summed E-state index contributed by atoms with van der Waals surface area (Å²) in [5, 5.41) is 0. The van der Waals surface area contributed by atoms with Gasteiger partial charge in [0.05, 0.1) is 14.2 Å². The van der Waals surface area contributed by atoms with E-state index in [0.29, 0.717) is 0 Å². The highest BCUT2D eigenvalue weighted by molar-refractivity contribution is 5.90. The first-order valence-corrected chi connectivity index (χ1v) is 13.8. The molecule has 12 atom stereocenters. The molecule has 0 radical (unpaired) electrons. The van der Waals surface area contributed by atoms with Crippen molar-refractivity contribution in [3.63, 3.8) is 0 Å². The van der Waals surface area contributed by atoms with Gasteiger partial charge in [-0.15, -0.1) is 0 Å². The van der Waals surface area contributed by atoms with Crippen LogP contribution in [0.3, 0.4) is 0 Å². The monoisotopic (exact) mass is 492 g/mol. The first-order chi connectivity index (χ1) is 17.3. The maximum atomic E-state index is 14.2. The zero-order valence-corrected chi connectivity index (χ0v) is 20.5. The highest BCUT2D eigenvalue weighted by Crippen LogP contribution is 3.08. The van der Waals surface area contributed by atoms with Crippen LogP contribution >= 0.6 is 0 Å². The summed E-state index contributed by atoms with van der Waals surface area (Å²) >= 11 is 0. The van der Waals surface area contributed by atoms with Crippen molar-refractivity contribution in [2.75, 3.05) is 14.2 Å². The second-order valence-electron chi connectivity index (χ2n) is 14.3. The van der Waals surface area contributed by atoms with E-state index in [9.17, 15) is 19.2 Å². The molecule has 188 valence electrons. The lowest BCUT2D eigenvalue weighted by Gasteiger charge is -2.49. The lowest BCUT2D eigenvalue weighted by atomic mass is 9.59. The lowest BCUT2D eigenvalue weighted by Crippen LogP contribution is -2.62. The van der Waals surface area contributed by atoms with Crippen molar-refractivity contribution in [1.29, 1.82) is 0 Å². The minimum atomic E-state index is -0.792. The van der Waals surface area contributed by atoms with E-state index in [0.717, 1.165) is 0 Å². The Bertz CT molecular complexity index is 1180. The maximum Gasteiger partial charge on any atom is 0.316 e. The van der Waals surface area contributed by atoms with Crippen molar-refractivity contribution < 1.29 is 38.1 Å². The Hall–Kier alpha value is -2.12. The summed E-state index contributed by atoms with van der Waals surface area (Å²) in [6.45, 7) is 2.99. The molecule has 0 bridgehead atoms. The van der Waals surface area contributed by atoms with Crippen molar-refractivity contribution in [2.45, 2.75) is 25.0 Å². The van der Waals surface area contributed by atoms with Crippen LogP contribution in [0.25, 0.3) is 0 Å². The molecule has 0 spiro atoms. The van der Waals surface area contributed by atoms with Crippen LogP contribution < -0.4 is 0 Å². The molecule has 0 N–H and O–H groups in total. The third-order valence-electron chi connectivity index (χ3n) is 15.5. The van der Waals surface area contributed by atoms with Crippen molar-refractivity contribution in [3.05, 3.63) is 0 Å². The molecule has 0 aromatic heterocycles. The molecule has 12 saturated carbocycles. The van der Waals surface area contributed by atoms with Crippen molar-refractivity contribution in [2.24, 2.45) is 106 Å². The molecule has 0 saturated heterocycles. The van der Waals surface area contributed by atoms with E-state index in [1.165, 1.54) is 28.1 Å². The summed E-state index contributed by atoms with van der Waals surface area (Å²) in [4.78, 5) is 54.1. The van der Waals surface area contributed by atoms with Crippen LogP contribution in [-0.2, 0) is 38.1 Å². The number of carbonyl (C=O) groups excluding carboxylic acids is 4. The SMILES string of the molecule is COC(=O)C12C3C4C5C6C7C8C(C9C%10C8C6(OC(C)=O)C6(C(=O)OC)C5C3C(C91)C%106)C2(OC(C)=O)C74. The molecule has 0 aromatic carbocycles. The number of methoxy groups -OCH3 is 2. The van der Waals surface area contributed by atoms with Gasteiger partial charge in [0.1, 0.15) is 22.0 Å². The number of rotatable bonds is 4. The largest absolute Gasteiger partial charge is 0.468 e. The Labute approximate surface area is 207 Å². The molecular formula is C28H28O8. The predicted molar refractivity (Wildman–Crippen MR) is 114 cm³/mol. The van der Waals surface area contributed by atoms with Gasteiger partial charge >= 0.3 is 23.9 Å². The molecule has 0 aliphatic heterocycles. The highest BCUT2D eigenvalue weighted by atomic mass is 16.6. The Morgan fingerprint density at radius 3 is 0.972 bits per heavy atom. The van der Waals surface area contributed by atoms with Gasteiger partial charge in [0.15, 0.2) is 0 Å². The molecule has 12 rings (SSSR count). The molecule has 0 amide bonds. The number of hydrogen-bond acceptors (Lipinski definition) is 8. The normalized spacial score (nSPS) is 72.8. The van der Waals surface area contributed by atoms with Crippen LogP contribution in [0.1, 0.15) is 13.8 Å². The third-order valence-corrected chi connectivity index (χ3v) is 15.5. The molecular weight excluding hydrogens is 464 g/mol. The minimum Gasteiger partial charge on any atom is -0.468 e. The zero-order chi connectivity index (χ0) is 24.4. The minimum absolute atomic E-state index is 0.0835. The number of carbonyl (C=O) groups is 4. The van der Waals surface area contributed by atoms with Crippen LogP contribution in [-0.4, -0.2) is 49.3 Å². The van der Waals surface area contributed by atoms with Crippen molar-refractivity contribution in [1.82, 2.24) is 0 Å². The Kier molecular flexibility index (Phi) is 2.39. The molecule has 0 heterocycles. The van der Waals surface area contributed by atoms with Gasteiger partial charge in [-0.25, -0.2) is 0 Å². The number of hydrogen-bond donors (Lipinski definition) is 0. The smallest absolute Gasteiger partial charge is 0.316 e. The quantitative estimate of drug-likeness (QED) is 0.422. The van der Waals surface area contributed by atoms with Gasteiger partial charge in [-0.2, -0.15) is 0 Å². The fraction of sp³-hybridized carbons (Fsp3) is 0.857. The topological polar surface area (TPSA) is 105 Å². The van der Waals surface area contributed by atoms with Crippen LogP contribution in [0, 0.1) is 106 Å². The fourth-order valence-electron chi connectivity index (χ4n) is 17.5. The molecule has 8 nitrogen and oxygen atoms in total. The summed E-state index contributed by atoms with van der Waals surface area (Å²) in [5.74, 6) is 1.53. The highest BCUT2D eigenvalue weighted by Gasteiger charge is 3.13. The summed E-state index contributed by atoms with van der Waals surface area (Å²) in [6.07, 6.45) is 0. The molecule has 0 aromatic rings. The van der Waals surface area contributed by atoms with E-state index >= 15 is 0 Å². The molecule has 12 aliphatic rings. The predicted octanol–water partition coefficient (Wildman–Crippen LogP) is 0.918. The number of esters is 4. The zero-order valence-electron chi connectivity index (χ0n) is 20.5. The summed E-state index contributed by atoms with van der Waals surface area (Å²) in [5.41, 5.74) is -3.14. The molecule has 12 fully saturated rings. The lowest BCUT2D eigenvalue weighted by molar-refractivity contribution is -0.209. The molecule has 36 heavy (non-hydrogen) atoms. The summed E-state index contributed by atoms with van der Waals surface area (Å²) in [6, 6.07) is 0. The first-order valence-electron chi connectivity index (χ1n) is 13.8. The average molecular weight is 493 g/mol. The second-order valence-corrected chi connectivity index (χ2v) is 14.3. The van der Waals surface area contributed by atoms with E-state index in [4.69, 9.17) is 18.9 Å². The summed E-state index contributed by atoms with van der Waals surface area (Å²) < 4.78 is 24.6. The van der Waals surface area contributed by atoms with Crippen molar-refractivity contribution >= 4 is 23.9 Å². The van der Waals surface area contributed by atoms with Gasteiger partial charge in [-0.05, 0) is 71.0 Å². The molecule has 12 unspecified atom stereocenters. The molecule has 8 heteroatoms. The Balaban J connectivity index is 1.32. The summed E-state index contributed by atoms with van der Waals surface area (Å²) in [7, 11) is 2.99. The second kappa shape index (κ2) is 4.53.